The van der Waals surface area contributed by atoms with E-state index in [9.17, 15) is 0 Å². The normalized spacial score (nSPS) is 25.5. The lowest BCUT2D eigenvalue weighted by molar-refractivity contribution is 0.310. The second-order valence-corrected chi connectivity index (χ2v) is 6.20. The van der Waals surface area contributed by atoms with Gasteiger partial charge in [-0.05, 0) is 44.1 Å². The first-order valence-corrected chi connectivity index (χ1v) is 7.65. The Hall–Kier alpha value is -1.81. The van der Waals surface area contributed by atoms with Crippen molar-refractivity contribution >= 4 is 16.7 Å². The highest BCUT2D eigenvalue weighted by molar-refractivity contribution is 5.86. The van der Waals surface area contributed by atoms with Crippen LogP contribution in [0.15, 0.2) is 30.3 Å². The number of aromatic nitrogens is 1. The van der Waals surface area contributed by atoms with Gasteiger partial charge in [0.25, 0.3) is 0 Å². The van der Waals surface area contributed by atoms with Crippen LogP contribution in [0.2, 0.25) is 0 Å². The molecule has 1 aromatic carbocycles. The molecule has 2 atom stereocenters. The largest absolute Gasteiger partial charge is 0.494 e. The average molecular weight is 283 g/mol. The molecule has 1 aromatic heterocycles. The number of fused-ring (bicyclic) bond motifs is 2. The number of anilines is 1. The van der Waals surface area contributed by atoms with Gasteiger partial charge in [0.05, 0.1) is 7.11 Å². The molecule has 4 heteroatoms. The molecular formula is C17H21N3O. The van der Waals surface area contributed by atoms with Gasteiger partial charge in [-0.15, -0.1) is 0 Å². The van der Waals surface area contributed by atoms with Gasteiger partial charge in [-0.1, -0.05) is 12.1 Å². The van der Waals surface area contributed by atoms with Crippen LogP contribution in [0.1, 0.15) is 6.42 Å². The topological polar surface area (TPSA) is 28.6 Å². The van der Waals surface area contributed by atoms with Crippen LogP contribution < -0.4 is 9.64 Å². The Bertz CT molecular complexity index is 672. The van der Waals surface area contributed by atoms with Crippen molar-refractivity contribution in [3.63, 3.8) is 0 Å². The van der Waals surface area contributed by atoms with Crippen molar-refractivity contribution in [1.29, 1.82) is 0 Å². The van der Waals surface area contributed by atoms with Crippen molar-refractivity contribution in [2.24, 2.45) is 5.92 Å². The number of rotatable bonds is 2. The molecule has 4 nitrogen and oxygen atoms in total. The summed E-state index contributed by atoms with van der Waals surface area (Å²) in [6, 6.07) is 11.1. The smallest absolute Gasteiger partial charge is 0.145 e. The molecule has 0 amide bonds. The Kier molecular flexibility index (Phi) is 3.00. The highest BCUT2D eigenvalue weighted by Gasteiger charge is 2.39. The Morgan fingerprint density at radius 3 is 2.90 bits per heavy atom. The first-order valence-electron chi connectivity index (χ1n) is 7.65. The number of nitrogens with zero attached hydrogens (tertiary/aromatic N) is 3. The van der Waals surface area contributed by atoms with E-state index in [0.29, 0.717) is 6.04 Å². The van der Waals surface area contributed by atoms with E-state index in [1.165, 1.54) is 13.0 Å². The fourth-order valence-corrected chi connectivity index (χ4v) is 3.81. The molecule has 0 N–H and O–H groups in total. The van der Waals surface area contributed by atoms with Gasteiger partial charge in [-0.25, -0.2) is 4.98 Å². The predicted octanol–water partition coefficient (Wildman–Crippen LogP) is 2.38. The molecule has 0 aliphatic carbocycles. The lowest BCUT2D eigenvalue weighted by Gasteiger charge is -2.22. The molecule has 2 fully saturated rings. The zero-order valence-electron chi connectivity index (χ0n) is 12.6. The lowest BCUT2D eigenvalue weighted by atomic mass is 10.1. The zero-order valence-corrected chi connectivity index (χ0v) is 12.6. The Morgan fingerprint density at radius 1 is 1.19 bits per heavy atom. The fraction of sp³-hybridized carbons (Fsp3) is 0.471. The van der Waals surface area contributed by atoms with E-state index >= 15 is 0 Å². The Labute approximate surface area is 125 Å². The minimum atomic E-state index is 0.695. The van der Waals surface area contributed by atoms with E-state index in [0.717, 1.165) is 41.5 Å². The van der Waals surface area contributed by atoms with Crippen molar-refractivity contribution in [3.05, 3.63) is 30.3 Å². The third kappa shape index (κ3) is 2.05. The highest BCUT2D eigenvalue weighted by atomic mass is 16.5. The number of benzene rings is 1. The maximum absolute atomic E-state index is 5.45. The summed E-state index contributed by atoms with van der Waals surface area (Å²) in [6.45, 7) is 3.46. The number of likely N-dealkylation sites (N-methyl/N-ethyl adjacent to an activating group) is 1. The van der Waals surface area contributed by atoms with Crippen LogP contribution >= 0.6 is 0 Å². The summed E-state index contributed by atoms with van der Waals surface area (Å²) in [6.07, 6.45) is 1.31. The lowest BCUT2D eigenvalue weighted by Crippen LogP contribution is -2.32. The molecule has 2 aliphatic heterocycles. The third-order valence-electron chi connectivity index (χ3n) is 5.04. The summed E-state index contributed by atoms with van der Waals surface area (Å²) in [5.74, 6) is 2.73. The molecule has 21 heavy (non-hydrogen) atoms. The quantitative estimate of drug-likeness (QED) is 0.846. The summed E-state index contributed by atoms with van der Waals surface area (Å²) in [5.41, 5.74) is 0.961. The molecule has 0 spiro atoms. The molecule has 0 saturated carbocycles. The second-order valence-electron chi connectivity index (χ2n) is 6.20. The van der Waals surface area contributed by atoms with Crippen LogP contribution in [0.5, 0.6) is 5.75 Å². The summed E-state index contributed by atoms with van der Waals surface area (Å²) in [7, 11) is 3.95. The van der Waals surface area contributed by atoms with E-state index in [2.05, 4.69) is 35.0 Å². The van der Waals surface area contributed by atoms with Crippen molar-refractivity contribution in [2.45, 2.75) is 12.5 Å². The number of hydrogen-bond donors (Lipinski definition) is 0. The van der Waals surface area contributed by atoms with E-state index in [1.807, 2.05) is 12.1 Å². The van der Waals surface area contributed by atoms with Crippen LogP contribution in [-0.4, -0.2) is 49.7 Å². The number of methoxy groups -OCH3 is 1. The summed E-state index contributed by atoms with van der Waals surface area (Å²) in [5, 5.41) is 1.13. The van der Waals surface area contributed by atoms with Gasteiger partial charge in [0.15, 0.2) is 0 Å². The molecule has 2 aliphatic rings. The maximum atomic E-state index is 5.45. The molecule has 2 aromatic rings. The van der Waals surface area contributed by atoms with Crippen molar-refractivity contribution in [3.8, 4) is 5.75 Å². The first-order chi connectivity index (χ1) is 10.3. The van der Waals surface area contributed by atoms with Gasteiger partial charge in [0, 0.05) is 24.5 Å². The van der Waals surface area contributed by atoms with E-state index < -0.39 is 0 Å². The number of pyridine rings is 1. The maximum Gasteiger partial charge on any atom is 0.145 e. The summed E-state index contributed by atoms with van der Waals surface area (Å²) in [4.78, 5) is 9.78. The second kappa shape index (κ2) is 4.88. The Balaban J connectivity index is 1.68. The highest BCUT2D eigenvalue weighted by Crippen LogP contribution is 2.34. The number of para-hydroxylation sites is 1. The number of likely N-dealkylation sites (tertiary alicyclic amines) is 1. The summed E-state index contributed by atoms with van der Waals surface area (Å²) < 4.78 is 5.45. The SMILES string of the molecule is COc1cccc2ccc(N3CC4CCN(C)C4C3)nc12. The molecule has 4 rings (SSSR count). The first kappa shape index (κ1) is 12.9. The number of hydrogen-bond acceptors (Lipinski definition) is 4. The molecular weight excluding hydrogens is 262 g/mol. The van der Waals surface area contributed by atoms with Crippen LogP contribution in [0, 0.1) is 5.92 Å². The van der Waals surface area contributed by atoms with Gasteiger partial charge in [0.2, 0.25) is 0 Å². The van der Waals surface area contributed by atoms with Crippen molar-refractivity contribution in [2.75, 3.05) is 38.7 Å². The van der Waals surface area contributed by atoms with Crippen molar-refractivity contribution < 1.29 is 4.74 Å². The van der Waals surface area contributed by atoms with Gasteiger partial charge >= 0.3 is 0 Å². The molecule has 0 bridgehead atoms. The monoisotopic (exact) mass is 283 g/mol. The van der Waals surface area contributed by atoms with Crippen molar-refractivity contribution in [1.82, 2.24) is 9.88 Å². The van der Waals surface area contributed by atoms with Gasteiger partial charge in [-0.2, -0.15) is 0 Å². The van der Waals surface area contributed by atoms with Crippen LogP contribution in [0.4, 0.5) is 5.82 Å². The van der Waals surface area contributed by atoms with E-state index in [1.54, 1.807) is 7.11 Å². The van der Waals surface area contributed by atoms with E-state index in [4.69, 9.17) is 9.72 Å². The molecule has 110 valence electrons. The van der Waals surface area contributed by atoms with Gasteiger partial charge in [-0.3, -0.25) is 0 Å². The molecule has 2 saturated heterocycles. The zero-order chi connectivity index (χ0) is 14.4. The van der Waals surface area contributed by atoms with Crippen LogP contribution in [0.3, 0.4) is 0 Å². The summed E-state index contributed by atoms with van der Waals surface area (Å²) >= 11 is 0. The Morgan fingerprint density at radius 2 is 2.10 bits per heavy atom. The van der Waals surface area contributed by atoms with Crippen LogP contribution in [-0.2, 0) is 0 Å². The predicted molar refractivity (Wildman–Crippen MR) is 85.0 cm³/mol. The fourth-order valence-electron chi connectivity index (χ4n) is 3.81. The molecule has 2 unspecified atom stereocenters. The third-order valence-corrected chi connectivity index (χ3v) is 5.04. The number of ether oxygens (including phenoxy) is 1. The average Bonchev–Trinajstić information content (AvgIpc) is 3.08. The van der Waals surface area contributed by atoms with E-state index in [-0.39, 0.29) is 0 Å². The minimum absolute atomic E-state index is 0.695. The van der Waals surface area contributed by atoms with Gasteiger partial charge < -0.3 is 14.5 Å². The van der Waals surface area contributed by atoms with Crippen LogP contribution in [0.25, 0.3) is 10.9 Å². The van der Waals surface area contributed by atoms with Gasteiger partial charge in [0.1, 0.15) is 17.1 Å². The minimum Gasteiger partial charge on any atom is -0.494 e. The molecule has 3 heterocycles. The standard InChI is InChI=1S/C17H21N3O/c1-19-9-8-13-10-20(11-14(13)19)16-7-6-12-4-3-5-15(21-2)17(12)18-16/h3-7,13-14H,8-11H2,1-2H3. The molecule has 0 radical (unpaired) electrons.